The zero-order valence-electron chi connectivity index (χ0n) is 17.2. The summed E-state index contributed by atoms with van der Waals surface area (Å²) in [6.07, 6.45) is 9.74. The van der Waals surface area contributed by atoms with Crippen LogP contribution in [0.3, 0.4) is 0 Å². The van der Waals surface area contributed by atoms with E-state index in [-0.39, 0.29) is 11.4 Å². The van der Waals surface area contributed by atoms with Gasteiger partial charge in [0.15, 0.2) is 23.0 Å². The Morgan fingerprint density at radius 2 is 1.57 bits per heavy atom. The van der Waals surface area contributed by atoms with E-state index in [4.69, 9.17) is 9.47 Å². The normalized spacial score (nSPS) is 10.9. The molecule has 0 aliphatic rings. The Hall–Kier alpha value is -2.64. The maximum atomic E-state index is 12.5. The minimum absolute atomic E-state index is 0.0380. The molecule has 28 heavy (non-hydrogen) atoms. The maximum absolute atomic E-state index is 12.5. The van der Waals surface area contributed by atoms with Crippen molar-refractivity contribution in [3.05, 3.63) is 23.8 Å². The van der Waals surface area contributed by atoms with Crippen LogP contribution < -0.4 is 0 Å². The molecule has 0 aliphatic carbocycles. The summed E-state index contributed by atoms with van der Waals surface area (Å²) < 4.78 is 13.5. The quantitative estimate of drug-likeness (QED) is 0.429. The Kier molecular flexibility index (Phi) is 8.22. The van der Waals surface area contributed by atoms with Crippen molar-refractivity contribution in [2.45, 2.75) is 65.5 Å². The van der Waals surface area contributed by atoms with Crippen molar-refractivity contribution < 1.29 is 19.1 Å². The summed E-state index contributed by atoms with van der Waals surface area (Å²) in [6, 6.07) is 0. The highest BCUT2D eigenvalue weighted by Crippen LogP contribution is 2.24. The van der Waals surface area contributed by atoms with Gasteiger partial charge in [0.1, 0.15) is 0 Å². The van der Waals surface area contributed by atoms with Gasteiger partial charge in [-0.3, -0.25) is 0 Å². The number of imidazole rings is 2. The highest BCUT2D eigenvalue weighted by molar-refractivity contribution is 6.01. The van der Waals surface area contributed by atoms with Crippen molar-refractivity contribution in [3.8, 4) is 11.6 Å². The minimum Gasteiger partial charge on any atom is -0.464 e. The summed E-state index contributed by atoms with van der Waals surface area (Å²) in [6.45, 7) is 5.60. The van der Waals surface area contributed by atoms with Crippen LogP contribution in [0.1, 0.15) is 73.3 Å². The first-order chi connectivity index (χ1) is 13.6. The van der Waals surface area contributed by atoms with Crippen molar-refractivity contribution in [1.29, 1.82) is 0 Å². The lowest BCUT2D eigenvalue weighted by atomic mass is 10.2. The Balaban J connectivity index is 2.56. The van der Waals surface area contributed by atoms with Crippen LogP contribution in [-0.2, 0) is 22.6 Å². The average Bonchev–Trinajstić information content (AvgIpc) is 3.31. The zero-order valence-corrected chi connectivity index (χ0v) is 17.2. The third-order valence-corrected chi connectivity index (χ3v) is 4.63. The zero-order chi connectivity index (χ0) is 20.5. The number of rotatable bonds is 11. The van der Waals surface area contributed by atoms with E-state index in [2.05, 4.69) is 23.8 Å². The monoisotopic (exact) mass is 390 g/mol. The molecule has 0 unspecified atom stereocenters. The molecule has 0 radical (unpaired) electrons. The first-order valence-corrected chi connectivity index (χ1v) is 9.87. The number of unbranched alkanes of at least 4 members (excludes halogenated alkanes) is 4. The van der Waals surface area contributed by atoms with Crippen LogP contribution in [0.5, 0.6) is 0 Å². The molecule has 154 valence electrons. The van der Waals surface area contributed by atoms with Gasteiger partial charge in [0.25, 0.3) is 0 Å². The molecular weight excluding hydrogens is 360 g/mol. The average molecular weight is 390 g/mol. The van der Waals surface area contributed by atoms with Crippen molar-refractivity contribution >= 4 is 11.9 Å². The van der Waals surface area contributed by atoms with E-state index in [9.17, 15) is 9.59 Å². The van der Waals surface area contributed by atoms with Crippen LogP contribution in [0.25, 0.3) is 11.6 Å². The number of nitrogens with zero attached hydrogens (tertiary/aromatic N) is 4. The molecule has 0 aromatic carbocycles. The second-order valence-corrected chi connectivity index (χ2v) is 6.63. The predicted molar refractivity (Wildman–Crippen MR) is 105 cm³/mol. The van der Waals surface area contributed by atoms with Gasteiger partial charge in [-0.15, -0.1) is 0 Å². The van der Waals surface area contributed by atoms with E-state index in [1.807, 2.05) is 10.8 Å². The Morgan fingerprint density at radius 3 is 2.18 bits per heavy atom. The second-order valence-electron chi connectivity index (χ2n) is 6.63. The SMILES string of the molecule is CCCCCn1ccnc1-c1nc(C(=O)OC)c(C(=O)OC)n1CCCCC. The van der Waals surface area contributed by atoms with Gasteiger partial charge < -0.3 is 18.6 Å². The molecule has 0 aliphatic heterocycles. The lowest BCUT2D eigenvalue weighted by Crippen LogP contribution is -2.17. The van der Waals surface area contributed by atoms with Gasteiger partial charge >= 0.3 is 11.9 Å². The Labute approximate surface area is 165 Å². The third kappa shape index (κ3) is 4.79. The van der Waals surface area contributed by atoms with Crippen molar-refractivity contribution in [1.82, 2.24) is 19.1 Å². The molecule has 2 heterocycles. The molecule has 0 bridgehead atoms. The smallest absolute Gasteiger partial charge is 0.359 e. The number of hydrogen-bond donors (Lipinski definition) is 0. The van der Waals surface area contributed by atoms with E-state index in [0.29, 0.717) is 18.2 Å². The van der Waals surface area contributed by atoms with Gasteiger partial charge in [-0.1, -0.05) is 39.5 Å². The molecule has 2 aromatic rings. The third-order valence-electron chi connectivity index (χ3n) is 4.63. The lowest BCUT2D eigenvalue weighted by molar-refractivity contribution is 0.0543. The molecule has 8 heteroatoms. The fraction of sp³-hybridized carbons (Fsp3) is 0.600. The van der Waals surface area contributed by atoms with Crippen LogP contribution in [0.2, 0.25) is 0 Å². The van der Waals surface area contributed by atoms with Crippen LogP contribution >= 0.6 is 0 Å². The number of carbonyl (C=O) groups is 2. The summed E-state index contributed by atoms with van der Waals surface area (Å²) >= 11 is 0. The Bertz CT molecular complexity index is 794. The first-order valence-electron chi connectivity index (χ1n) is 9.87. The van der Waals surface area contributed by atoms with Crippen molar-refractivity contribution in [2.75, 3.05) is 14.2 Å². The topological polar surface area (TPSA) is 88.2 Å². The van der Waals surface area contributed by atoms with Crippen molar-refractivity contribution in [3.63, 3.8) is 0 Å². The summed E-state index contributed by atoms with van der Waals surface area (Å²) in [7, 11) is 2.56. The molecule has 0 saturated carbocycles. The number of esters is 2. The first kappa shape index (κ1) is 21.7. The van der Waals surface area contributed by atoms with Crippen LogP contribution in [0.4, 0.5) is 0 Å². The lowest BCUT2D eigenvalue weighted by Gasteiger charge is -2.12. The van der Waals surface area contributed by atoms with Gasteiger partial charge in [-0.25, -0.2) is 19.6 Å². The number of aryl methyl sites for hydroxylation is 1. The molecule has 0 fully saturated rings. The maximum Gasteiger partial charge on any atom is 0.359 e. The minimum atomic E-state index is -0.667. The van der Waals surface area contributed by atoms with E-state index >= 15 is 0 Å². The number of ether oxygens (including phenoxy) is 2. The van der Waals surface area contributed by atoms with E-state index in [1.165, 1.54) is 14.2 Å². The number of methoxy groups -OCH3 is 2. The molecule has 0 atom stereocenters. The van der Waals surface area contributed by atoms with Crippen LogP contribution in [0.15, 0.2) is 12.4 Å². The van der Waals surface area contributed by atoms with E-state index in [0.717, 1.165) is 45.1 Å². The number of hydrogen-bond acceptors (Lipinski definition) is 6. The molecule has 2 rings (SSSR count). The molecule has 0 saturated heterocycles. The summed E-state index contributed by atoms with van der Waals surface area (Å²) in [5.74, 6) is -0.161. The van der Waals surface area contributed by atoms with Crippen LogP contribution in [0, 0.1) is 0 Å². The highest BCUT2D eigenvalue weighted by Gasteiger charge is 2.30. The van der Waals surface area contributed by atoms with Gasteiger partial charge in [0.05, 0.1) is 14.2 Å². The Morgan fingerprint density at radius 1 is 0.929 bits per heavy atom. The fourth-order valence-electron chi connectivity index (χ4n) is 3.13. The molecular formula is C20H30N4O4. The van der Waals surface area contributed by atoms with E-state index in [1.54, 1.807) is 10.8 Å². The number of carbonyl (C=O) groups excluding carboxylic acids is 2. The predicted octanol–water partition coefficient (Wildman–Crippen LogP) is 3.70. The van der Waals surface area contributed by atoms with Crippen molar-refractivity contribution in [2.24, 2.45) is 0 Å². The van der Waals surface area contributed by atoms with Gasteiger partial charge in [0, 0.05) is 25.5 Å². The highest BCUT2D eigenvalue weighted by atomic mass is 16.5. The molecule has 8 nitrogen and oxygen atoms in total. The molecule has 0 spiro atoms. The molecule has 0 N–H and O–H groups in total. The second kappa shape index (κ2) is 10.6. The van der Waals surface area contributed by atoms with Gasteiger partial charge in [0.2, 0.25) is 0 Å². The molecule has 0 amide bonds. The largest absolute Gasteiger partial charge is 0.464 e. The number of aromatic nitrogens is 4. The standard InChI is InChI=1S/C20H30N4O4/c1-5-7-9-12-23-14-11-21-17(23)18-22-15(19(25)27-3)16(20(26)28-4)24(18)13-10-8-6-2/h11,14H,5-10,12-13H2,1-4H3. The summed E-state index contributed by atoms with van der Waals surface area (Å²) in [5, 5.41) is 0. The van der Waals surface area contributed by atoms with Crippen LogP contribution in [-0.4, -0.2) is 45.3 Å². The van der Waals surface area contributed by atoms with Gasteiger partial charge in [-0.05, 0) is 12.8 Å². The van der Waals surface area contributed by atoms with E-state index < -0.39 is 11.9 Å². The molecule has 2 aromatic heterocycles. The summed E-state index contributed by atoms with van der Waals surface area (Å²) in [5.41, 5.74) is 0.0764. The van der Waals surface area contributed by atoms with Gasteiger partial charge in [-0.2, -0.15) is 0 Å². The fourth-order valence-corrected chi connectivity index (χ4v) is 3.13. The summed E-state index contributed by atoms with van der Waals surface area (Å²) in [4.78, 5) is 33.7.